The third-order valence-corrected chi connectivity index (χ3v) is 2.34. The van der Waals surface area contributed by atoms with Gasteiger partial charge in [-0.2, -0.15) is 5.06 Å². The Labute approximate surface area is 94.9 Å². The number of hydroxylamine groups is 2. The topological polar surface area (TPSA) is 49.9 Å². The Morgan fingerprint density at radius 3 is 2.25 bits per heavy atom. The van der Waals surface area contributed by atoms with E-state index in [1.54, 1.807) is 9.96 Å². The maximum Gasteiger partial charge on any atom is 0.246 e. The third kappa shape index (κ3) is 3.60. The van der Waals surface area contributed by atoms with Crippen LogP contribution in [0.4, 0.5) is 0 Å². The fourth-order valence-corrected chi connectivity index (χ4v) is 1.38. The zero-order valence-electron chi connectivity index (χ0n) is 9.22. The molecule has 1 aliphatic heterocycles. The lowest BCUT2D eigenvalue weighted by Gasteiger charge is -2.33. The van der Waals surface area contributed by atoms with Gasteiger partial charge in [0, 0.05) is 26.2 Å². The van der Waals surface area contributed by atoms with Gasteiger partial charge in [0.15, 0.2) is 5.78 Å². The Morgan fingerprint density at radius 1 is 1.12 bits per heavy atom. The van der Waals surface area contributed by atoms with Crippen LogP contribution in [-0.4, -0.2) is 54.4 Å². The molecule has 88 valence electrons. The van der Waals surface area contributed by atoms with Gasteiger partial charge in [-0.3, -0.25) is 14.4 Å². The highest BCUT2D eigenvalue weighted by atomic mass is 16.7. The number of ketones is 1. The van der Waals surface area contributed by atoms with Crippen LogP contribution in [0.5, 0.6) is 0 Å². The quantitative estimate of drug-likeness (QED) is 0.617. The molecular formula is C11H16N2O3. The SMILES string of the molecule is C=CC(=O)CON1CCN(C(=O)C=C)CC1. The zero-order chi connectivity index (χ0) is 12.0. The summed E-state index contributed by atoms with van der Waals surface area (Å²) in [5.41, 5.74) is 0. The molecule has 0 radical (unpaired) electrons. The second-order valence-corrected chi connectivity index (χ2v) is 3.40. The van der Waals surface area contributed by atoms with Gasteiger partial charge in [-0.1, -0.05) is 13.2 Å². The predicted molar refractivity (Wildman–Crippen MR) is 59.5 cm³/mol. The molecule has 5 nitrogen and oxygen atoms in total. The highest BCUT2D eigenvalue weighted by Gasteiger charge is 2.19. The van der Waals surface area contributed by atoms with Crippen molar-refractivity contribution in [3.63, 3.8) is 0 Å². The second kappa shape index (κ2) is 6.19. The van der Waals surface area contributed by atoms with Crippen molar-refractivity contribution in [3.8, 4) is 0 Å². The van der Waals surface area contributed by atoms with Gasteiger partial charge in [0.1, 0.15) is 6.61 Å². The van der Waals surface area contributed by atoms with Crippen LogP contribution >= 0.6 is 0 Å². The van der Waals surface area contributed by atoms with E-state index in [2.05, 4.69) is 13.2 Å². The molecule has 1 rings (SSSR count). The smallest absolute Gasteiger partial charge is 0.246 e. The van der Waals surface area contributed by atoms with E-state index < -0.39 is 0 Å². The highest BCUT2D eigenvalue weighted by molar-refractivity contribution is 5.90. The van der Waals surface area contributed by atoms with E-state index in [4.69, 9.17) is 4.84 Å². The Balaban J connectivity index is 2.26. The summed E-state index contributed by atoms with van der Waals surface area (Å²) in [6, 6.07) is 0. The first-order chi connectivity index (χ1) is 7.67. The van der Waals surface area contributed by atoms with Crippen LogP contribution in [0.3, 0.4) is 0 Å². The van der Waals surface area contributed by atoms with Gasteiger partial charge in [-0.15, -0.1) is 0 Å². The predicted octanol–water partition coefficient (Wildman–Crippen LogP) is 0.00330. The van der Waals surface area contributed by atoms with Gasteiger partial charge in [-0.25, -0.2) is 0 Å². The van der Waals surface area contributed by atoms with Gasteiger partial charge >= 0.3 is 0 Å². The van der Waals surface area contributed by atoms with Crippen LogP contribution in [-0.2, 0) is 14.4 Å². The summed E-state index contributed by atoms with van der Waals surface area (Å²) in [5.74, 6) is -0.216. The van der Waals surface area contributed by atoms with Crippen molar-refractivity contribution in [2.75, 3.05) is 32.8 Å². The van der Waals surface area contributed by atoms with Gasteiger partial charge < -0.3 is 4.90 Å². The van der Waals surface area contributed by atoms with Gasteiger partial charge in [0.25, 0.3) is 0 Å². The molecule has 1 fully saturated rings. The Bertz CT molecular complexity index is 294. The number of piperazine rings is 1. The summed E-state index contributed by atoms with van der Waals surface area (Å²) in [4.78, 5) is 29.1. The van der Waals surface area contributed by atoms with Crippen molar-refractivity contribution in [3.05, 3.63) is 25.3 Å². The molecule has 0 bridgehead atoms. The van der Waals surface area contributed by atoms with Crippen LogP contribution in [0.2, 0.25) is 0 Å². The fourth-order valence-electron chi connectivity index (χ4n) is 1.38. The monoisotopic (exact) mass is 224 g/mol. The summed E-state index contributed by atoms with van der Waals surface area (Å²) in [7, 11) is 0. The number of carbonyl (C=O) groups excluding carboxylic acids is 2. The first-order valence-electron chi connectivity index (χ1n) is 5.12. The van der Waals surface area contributed by atoms with E-state index in [0.717, 1.165) is 0 Å². The number of carbonyl (C=O) groups is 2. The van der Waals surface area contributed by atoms with E-state index >= 15 is 0 Å². The van der Waals surface area contributed by atoms with Crippen molar-refractivity contribution in [2.45, 2.75) is 0 Å². The third-order valence-electron chi connectivity index (χ3n) is 2.34. The summed E-state index contributed by atoms with van der Waals surface area (Å²) in [5, 5.41) is 1.69. The molecule has 1 heterocycles. The minimum Gasteiger partial charge on any atom is -0.336 e. The molecule has 1 amide bonds. The molecule has 0 aromatic rings. The first kappa shape index (κ1) is 12.6. The van der Waals surface area contributed by atoms with Crippen molar-refractivity contribution in [1.82, 2.24) is 9.96 Å². The largest absolute Gasteiger partial charge is 0.336 e. The molecule has 0 N–H and O–H groups in total. The maximum atomic E-state index is 11.3. The molecule has 0 aromatic heterocycles. The van der Waals surface area contributed by atoms with Crippen LogP contribution in [0, 0.1) is 0 Å². The zero-order valence-corrected chi connectivity index (χ0v) is 9.22. The van der Waals surface area contributed by atoms with Crippen molar-refractivity contribution >= 4 is 11.7 Å². The second-order valence-electron chi connectivity index (χ2n) is 3.40. The minimum absolute atomic E-state index is 0.0128. The van der Waals surface area contributed by atoms with Gasteiger partial charge in [0.05, 0.1) is 0 Å². The van der Waals surface area contributed by atoms with E-state index in [1.165, 1.54) is 12.2 Å². The lowest BCUT2D eigenvalue weighted by Crippen LogP contribution is -2.48. The van der Waals surface area contributed by atoms with Crippen LogP contribution in [0.15, 0.2) is 25.3 Å². The summed E-state index contributed by atoms with van der Waals surface area (Å²) in [6.07, 6.45) is 2.54. The van der Waals surface area contributed by atoms with Crippen LogP contribution < -0.4 is 0 Å². The summed E-state index contributed by atoms with van der Waals surface area (Å²) >= 11 is 0. The Hall–Kier alpha value is -1.46. The molecule has 0 atom stereocenters. The maximum absolute atomic E-state index is 11.3. The van der Waals surface area contributed by atoms with Gasteiger partial charge in [0.2, 0.25) is 5.91 Å². The number of hydrogen-bond acceptors (Lipinski definition) is 4. The molecule has 0 aliphatic carbocycles. The average molecular weight is 224 g/mol. The molecule has 0 spiro atoms. The average Bonchev–Trinajstić information content (AvgIpc) is 2.35. The van der Waals surface area contributed by atoms with E-state index in [0.29, 0.717) is 26.2 Å². The molecule has 0 saturated carbocycles. The Kier molecular flexibility index (Phi) is 4.88. The normalized spacial score (nSPS) is 16.9. The summed E-state index contributed by atoms with van der Waals surface area (Å²) < 4.78 is 0. The van der Waals surface area contributed by atoms with Crippen molar-refractivity contribution in [2.24, 2.45) is 0 Å². The minimum atomic E-state index is -0.149. The molecule has 1 aliphatic rings. The highest BCUT2D eigenvalue weighted by Crippen LogP contribution is 2.03. The first-order valence-corrected chi connectivity index (χ1v) is 5.12. The molecule has 5 heteroatoms. The number of hydrogen-bond donors (Lipinski definition) is 0. The lowest BCUT2D eigenvalue weighted by molar-refractivity contribution is -0.181. The molecule has 1 saturated heterocycles. The Morgan fingerprint density at radius 2 is 1.75 bits per heavy atom. The molecular weight excluding hydrogens is 208 g/mol. The molecule has 0 aromatic carbocycles. The van der Waals surface area contributed by atoms with E-state index in [9.17, 15) is 9.59 Å². The van der Waals surface area contributed by atoms with E-state index in [1.807, 2.05) is 0 Å². The molecule has 16 heavy (non-hydrogen) atoms. The standard InChI is InChI=1S/C11H16N2O3/c1-3-10(14)9-16-13-7-5-12(6-8-13)11(15)4-2/h3-4H,1-2,5-9H2. The fraction of sp³-hybridized carbons (Fsp3) is 0.455. The van der Waals surface area contributed by atoms with Crippen molar-refractivity contribution in [1.29, 1.82) is 0 Å². The summed E-state index contributed by atoms with van der Waals surface area (Å²) in [6.45, 7) is 9.19. The number of rotatable bonds is 5. The molecule has 0 unspecified atom stereocenters. The van der Waals surface area contributed by atoms with Crippen LogP contribution in [0.1, 0.15) is 0 Å². The lowest BCUT2D eigenvalue weighted by atomic mass is 10.3. The van der Waals surface area contributed by atoms with Crippen LogP contribution in [0.25, 0.3) is 0 Å². The van der Waals surface area contributed by atoms with E-state index in [-0.39, 0.29) is 18.3 Å². The van der Waals surface area contributed by atoms with Crippen molar-refractivity contribution < 1.29 is 14.4 Å². The number of nitrogens with zero attached hydrogens (tertiary/aromatic N) is 2. The number of amides is 1. The van der Waals surface area contributed by atoms with Gasteiger partial charge in [-0.05, 0) is 12.2 Å².